The first-order chi connectivity index (χ1) is 7.69. The summed E-state index contributed by atoms with van der Waals surface area (Å²) in [4.78, 5) is 12.3. The summed E-state index contributed by atoms with van der Waals surface area (Å²) in [5.74, 6) is -0.329. The fourth-order valence-corrected chi connectivity index (χ4v) is 1.33. The molecule has 0 spiro atoms. The van der Waals surface area contributed by atoms with Crippen molar-refractivity contribution < 1.29 is 9.53 Å². The Morgan fingerprint density at radius 2 is 2.06 bits per heavy atom. The molecule has 0 aliphatic heterocycles. The maximum atomic E-state index is 11.6. The monoisotopic (exact) mass is 237 g/mol. The zero-order valence-corrected chi connectivity index (χ0v) is 10.3. The molecule has 0 aromatic heterocycles. The van der Waals surface area contributed by atoms with E-state index in [-0.39, 0.29) is 5.97 Å². The van der Waals surface area contributed by atoms with Gasteiger partial charge in [0.2, 0.25) is 0 Å². The quantitative estimate of drug-likeness (QED) is 0.645. The Hall–Kier alpha value is -1.42. The van der Waals surface area contributed by atoms with Crippen LogP contribution in [0.2, 0.25) is 0 Å². The van der Waals surface area contributed by atoms with Crippen molar-refractivity contribution in [3.63, 3.8) is 0 Å². The molecule has 1 aromatic rings. The van der Waals surface area contributed by atoms with Gasteiger partial charge in [-0.1, -0.05) is 31.3 Å². The van der Waals surface area contributed by atoms with Gasteiger partial charge in [0.25, 0.3) is 0 Å². The van der Waals surface area contributed by atoms with Crippen molar-refractivity contribution in [2.75, 3.05) is 11.9 Å². The molecule has 0 fully saturated rings. The maximum Gasteiger partial charge on any atom is 0.340 e. The van der Waals surface area contributed by atoms with Gasteiger partial charge in [-0.3, -0.25) is 0 Å². The highest BCUT2D eigenvalue weighted by molar-refractivity contribution is 7.80. The first kappa shape index (κ1) is 12.6. The van der Waals surface area contributed by atoms with E-state index in [2.05, 4.69) is 5.32 Å². The molecule has 1 rings (SSSR count). The highest BCUT2D eigenvalue weighted by Gasteiger charge is 2.11. The Bertz CT molecular complexity index is 390. The molecule has 1 aromatic carbocycles. The van der Waals surface area contributed by atoms with Crippen LogP contribution in [-0.4, -0.2) is 17.6 Å². The van der Waals surface area contributed by atoms with Crippen LogP contribution in [0, 0.1) is 0 Å². The zero-order valence-electron chi connectivity index (χ0n) is 9.45. The van der Waals surface area contributed by atoms with Crippen molar-refractivity contribution in [2.45, 2.75) is 20.3 Å². The van der Waals surface area contributed by atoms with E-state index in [4.69, 9.17) is 17.0 Å². The number of carbonyl (C=O) groups is 1. The van der Waals surface area contributed by atoms with E-state index < -0.39 is 0 Å². The second-order valence-corrected chi connectivity index (χ2v) is 3.66. The minimum absolute atomic E-state index is 0.329. The van der Waals surface area contributed by atoms with Crippen LogP contribution in [0.3, 0.4) is 0 Å². The molecule has 0 amide bonds. The van der Waals surface area contributed by atoms with Crippen LogP contribution >= 0.6 is 12.2 Å². The van der Waals surface area contributed by atoms with Crippen LogP contribution < -0.4 is 5.32 Å². The minimum Gasteiger partial charge on any atom is -0.462 e. The molecule has 0 atom stereocenters. The number of rotatable bonds is 4. The third-order valence-electron chi connectivity index (χ3n) is 2.02. The largest absolute Gasteiger partial charge is 0.462 e. The smallest absolute Gasteiger partial charge is 0.340 e. The van der Waals surface area contributed by atoms with E-state index >= 15 is 0 Å². The first-order valence-corrected chi connectivity index (χ1v) is 5.65. The molecule has 0 bridgehead atoms. The van der Waals surface area contributed by atoms with Gasteiger partial charge in [0.05, 0.1) is 22.8 Å². The summed E-state index contributed by atoms with van der Waals surface area (Å²) in [5, 5.41) is 3.03. The van der Waals surface area contributed by atoms with Gasteiger partial charge in [-0.15, -0.1) is 0 Å². The van der Waals surface area contributed by atoms with E-state index in [1.165, 1.54) is 0 Å². The van der Waals surface area contributed by atoms with E-state index in [0.717, 1.165) is 6.42 Å². The van der Waals surface area contributed by atoms with E-state index in [1.807, 2.05) is 19.1 Å². The number of nitrogens with one attached hydrogen (secondary N) is 1. The topological polar surface area (TPSA) is 38.3 Å². The lowest BCUT2D eigenvalue weighted by atomic mass is 10.2. The third kappa shape index (κ3) is 3.31. The summed E-state index contributed by atoms with van der Waals surface area (Å²) in [6.45, 7) is 4.11. The number of hydrogen-bond acceptors (Lipinski definition) is 3. The summed E-state index contributed by atoms with van der Waals surface area (Å²) in [6.07, 6.45) is 0.743. The van der Waals surface area contributed by atoms with Gasteiger partial charge in [-0.2, -0.15) is 0 Å². The molecule has 3 nitrogen and oxygen atoms in total. The Morgan fingerprint density at radius 3 is 2.69 bits per heavy atom. The lowest BCUT2D eigenvalue weighted by Gasteiger charge is -2.10. The number of benzene rings is 1. The fourth-order valence-electron chi connectivity index (χ4n) is 1.22. The van der Waals surface area contributed by atoms with Crippen molar-refractivity contribution in [1.82, 2.24) is 0 Å². The van der Waals surface area contributed by atoms with Crippen LogP contribution in [-0.2, 0) is 4.74 Å². The summed E-state index contributed by atoms with van der Waals surface area (Å²) < 4.78 is 4.96. The van der Waals surface area contributed by atoms with Crippen LogP contribution in [0.1, 0.15) is 30.6 Å². The average Bonchev–Trinajstić information content (AvgIpc) is 2.30. The molecule has 0 saturated heterocycles. The predicted molar refractivity (Wildman–Crippen MR) is 68.9 cm³/mol. The lowest BCUT2D eigenvalue weighted by Crippen LogP contribution is -2.13. The van der Waals surface area contributed by atoms with Crippen molar-refractivity contribution in [2.24, 2.45) is 0 Å². The molecule has 86 valence electrons. The number of para-hydroxylation sites is 1. The van der Waals surface area contributed by atoms with Gasteiger partial charge < -0.3 is 10.1 Å². The molecule has 0 saturated carbocycles. The molecule has 0 unspecified atom stereocenters. The van der Waals surface area contributed by atoms with Crippen molar-refractivity contribution in [3.05, 3.63) is 29.8 Å². The van der Waals surface area contributed by atoms with Crippen molar-refractivity contribution in [1.29, 1.82) is 0 Å². The molecular formula is C12H15NO2S. The van der Waals surface area contributed by atoms with Gasteiger partial charge in [0.1, 0.15) is 0 Å². The Morgan fingerprint density at radius 1 is 1.38 bits per heavy atom. The summed E-state index contributed by atoms with van der Waals surface area (Å²) in [7, 11) is 0. The summed E-state index contributed by atoms with van der Waals surface area (Å²) in [6, 6.07) is 7.18. The number of anilines is 1. The van der Waals surface area contributed by atoms with E-state index in [1.54, 1.807) is 19.1 Å². The second-order valence-electron chi connectivity index (χ2n) is 3.17. The third-order valence-corrected chi connectivity index (χ3v) is 2.41. The SMILES string of the molecule is CCOC(=O)c1ccccc1NC(=S)CC. The highest BCUT2D eigenvalue weighted by Crippen LogP contribution is 2.16. The Kier molecular flexibility index (Phi) is 4.92. The summed E-state index contributed by atoms with van der Waals surface area (Å²) in [5.41, 5.74) is 1.22. The van der Waals surface area contributed by atoms with Gasteiger partial charge in [0.15, 0.2) is 0 Å². The Balaban J connectivity index is 2.91. The van der Waals surface area contributed by atoms with Gasteiger partial charge in [0, 0.05) is 0 Å². The number of thiocarbonyl (C=S) groups is 1. The maximum absolute atomic E-state index is 11.6. The Labute approximate surface area is 101 Å². The molecule has 16 heavy (non-hydrogen) atoms. The van der Waals surface area contributed by atoms with Crippen LogP contribution in [0.4, 0.5) is 5.69 Å². The minimum atomic E-state index is -0.329. The first-order valence-electron chi connectivity index (χ1n) is 5.25. The molecular weight excluding hydrogens is 222 g/mol. The number of ether oxygens (including phenoxy) is 1. The molecule has 4 heteroatoms. The molecule has 0 radical (unpaired) electrons. The zero-order chi connectivity index (χ0) is 12.0. The van der Waals surface area contributed by atoms with Crippen LogP contribution in [0.25, 0.3) is 0 Å². The van der Waals surface area contributed by atoms with Gasteiger partial charge in [-0.25, -0.2) is 4.79 Å². The van der Waals surface area contributed by atoms with Crippen LogP contribution in [0.5, 0.6) is 0 Å². The normalized spacial score (nSPS) is 9.62. The number of carbonyl (C=O) groups excluding carboxylic acids is 1. The van der Waals surface area contributed by atoms with E-state index in [0.29, 0.717) is 22.8 Å². The second kappa shape index (κ2) is 6.23. The fraction of sp³-hybridized carbons (Fsp3) is 0.333. The van der Waals surface area contributed by atoms with Crippen LogP contribution in [0.15, 0.2) is 24.3 Å². The van der Waals surface area contributed by atoms with E-state index in [9.17, 15) is 4.79 Å². The predicted octanol–water partition coefficient (Wildman–Crippen LogP) is 3.01. The standard InChI is InChI=1S/C12H15NO2S/c1-3-11(16)13-10-8-6-5-7-9(10)12(14)15-4-2/h5-8H,3-4H2,1-2H3,(H,13,16). The highest BCUT2D eigenvalue weighted by atomic mass is 32.1. The number of hydrogen-bond donors (Lipinski definition) is 1. The summed E-state index contributed by atoms with van der Waals surface area (Å²) >= 11 is 5.08. The average molecular weight is 237 g/mol. The number of esters is 1. The molecule has 0 aliphatic rings. The molecule has 0 aliphatic carbocycles. The van der Waals surface area contributed by atoms with Gasteiger partial charge in [-0.05, 0) is 25.5 Å². The molecule has 0 heterocycles. The van der Waals surface area contributed by atoms with Gasteiger partial charge >= 0.3 is 5.97 Å². The van der Waals surface area contributed by atoms with Crippen molar-refractivity contribution in [3.8, 4) is 0 Å². The van der Waals surface area contributed by atoms with Crippen molar-refractivity contribution >= 4 is 28.9 Å². The molecule has 1 N–H and O–H groups in total. The lowest BCUT2D eigenvalue weighted by molar-refractivity contribution is 0.0527.